The van der Waals surface area contributed by atoms with Crippen molar-refractivity contribution in [3.8, 4) is 11.1 Å². The van der Waals surface area contributed by atoms with Gasteiger partial charge in [0.2, 0.25) is 0 Å². The summed E-state index contributed by atoms with van der Waals surface area (Å²) >= 11 is 0. The minimum Gasteiger partial charge on any atom is -0.449 e. The molecule has 0 fully saturated rings. The molecule has 4 aromatic rings. The fraction of sp³-hybridized carbons (Fsp3) is 0.138. The summed E-state index contributed by atoms with van der Waals surface area (Å²) in [5.74, 6) is 0.0478. The van der Waals surface area contributed by atoms with Crippen LogP contribution in [-0.4, -0.2) is 12.7 Å². The maximum atomic E-state index is 12.8. The van der Waals surface area contributed by atoms with Gasteiger partial charge in [-0.05, 0) is 51.1 Å². The first-order valence-corrected chi connectivity index (χ1v) is 11.0. The molecule has 0 saturated carbocycles. The highest BCUT2D eigenvalue weighted by Gasteiger charge is 2.29. The van der Waals surface area contributed by atoms with E-state index in [4.69, 9.17) is 4.74 Å². The number of carbonyl (C=O) groups is 1. The van der Waals surface area contributed by atoms with Crippen LogP contribution < -0.4 is 5.32 Å². The molecular weight excluding hydrogens is 394 g/mol. The summed E-state index contributed by atoms with van der Waals surface area (Å²) in [4.78, 5) is 12.8. The SMILES string of the molecule is C=CCC(NC(=O)OCC1c2ccccc2-c2ccccc21)c1ccc2ccccc2c1. The minimum atomic E-state index is -0.410. The highest BCUT2D eigenvalue weighted by Crippen LogP contribution is 2.44. The lowest BCUT2D eigenvalue weighted by atomic mass is 9.98. The van der Waals surface area contributed by atoms with Crippen molar-refractivity contribution in [1.29, 1.82) is 0 Å². The Morgan fingerprint density at radius 3 is 2.19 bits per heavy atom. The number of carbonyl (C=O) groups excluding carboxylic acids is 1. The van der Waals surface area contributed by atoms with Gasteiger partial charge in [-0.25, -0.2) is 4.79 Å². The average molecular weight is 420 g/mol. The van der Waals surface area contributed by atoms with E-state index in [1.165, 1.54) is 27.6 Å². The number of fused-ring (bicyclic) bond motifs is 4. The molecule has 4 aromatic carbocycles. The molecule has 3 nitrogen and oxygen atoms in total. The van der Waals surface area contributed by atoms with Crippen LogP contribution in [0.5, 0.6) is 0 Å². The lowest BCUT2D eigenvalue weighted by Crippen LogP contribution is -2.30. The van der Waals surface area contributed by atoms with Crippen molar-refractivity contribution in [1.82, 2.24) is 5.32 Å². The molecule has 5 rings (SSSR count). The van der Waals surface area contributed by atoms with Crippen molar-refractivity contribution < 1.29 is 9.53 Å². The van der Waals surface area contributed by atoms with Crippen LogP contribution in [0.15, 0.2) is 104 Å². The normalized spacial score (nSPS) is 13.2. The predicted molar refractivity (Wildman–Crippen MR) is 130 cm³/mol. The second-order valence-corrected chi connectivity index (χ2v) is 8.15. The second kappa shape index (κ2) is 8.72. The van der Waals surface area contributed by atoms with E-state index in [9.17, 15) is 4.79 Å². The van der Waals surface area contributed by atoms with Crippen LogP contribution in [-0.2, 0) is 4.74 Å². The van der Waals surface area contributed by atoms with Crippen molar-refractivity contribution in [3.63, 3.8) is 0 Å². The third-order valence-corrected chi connectivity index (χ3v) is 6.21. The van der Waals surface area contributed by atoms with Crippen LogP contribution in [0.1, 0.15) is 35.1 Å². The number of hydrogen-bond donors (Lipinski definition) is 1. The fourth-order valence-electron chi connectivity index (χ4n) is 4.65. The zero-order valence-electron chi connectivity index (χ0n) is 17.8. The van der Waals surface area contributed by atoms with Gasteiger partial charge in [0.1, 0.15) is 6.61 Å². The highest BCUT2D eigenvalue weighted by molar-refractivity contribution is 5.83. The maximum absolute atomic E-state index is 12.8. The van der Waals surface area contributed by atoms with Crippen LogP contribution in [0.25, 0.3) is 21.9 Å². The Hall–Kier alpha value is -3.85. The van der Waals surface area contributed by atoms with E-state index in [0.29, 0.717) is 13.0 Å². The Labute approximate surface area is 188 Å². The molecule has 1 aliphatic rings. The number of rotatable bonds is 6. The van der Waals surface area contributed by atoms with Crippen molar-refractivity contribution in [2.75, 3.05) is 6.61 Å². The molecular formula is C29H25NO2. The number of nitrogens with one attached hydrogen (secondary N) is 1. The fourth-order valence-corrected chi connectivity index (χ4v) is 4.65. The molecule has 0 aliphatic heterocycles. The van der Waals surface area contributed by atoms with Gasteiger partial charge in [0.05, 0.1) is 6.04 Å². The number of hydrogen-bond acceptors (Lipinski definition) is 2. The number of benzene rings is 4. The van der Waals surface area contributed by atoms with E-state index in [0.717, 1.165) is 10.9 Å². The molecule has 0 spiro atoms. The minimum absolute atomic E-state index is 0.0478. The van der Waals surface area contributed by atoms with Crippen molar-refractivity contribution in [2.45, 2.75) is 18.4 Å². The zero-order chi connectivity index (χ0) is 21.9. The van der Waals surface area contributed by atoms with E-state index in [1.54, 1.807) is 0 Å². The summed E-state index contributed by atoms with van der Waals surface area (Å²) in [6.45, 7) is 4.17. The van der Waals surface area contributed by atoms with E-state index in [1.807, 2.05) is 30.3 Å². The quantitative estimate of drug-likeness (QED) is 0.342. The van der Waals surface area contributed by atoms with E-state index in [2.05, 4.69) is 78.6 Å². The Morgan fingerprint density at radius 1 is 0.875 bits per heavy atom. The van der Waals surface area contributed by atoms with Gasteiger partial charge in [0.15, 0.2) is 0 Å². The van der Waals surface area contributed by atoms with Gasteiger partial charge in [0, 0.05) is 5.92 Å². The number of alkyl carbamates (subject to hydrolysis) is 1. The van der Waals surface area contributed by atoms with E-state index >= 15 is 0 Å². The molecule has 0 radical (unpaired) electrons. The second-order valence-electron chi connectivity index (χ2n) is 8.15. The van der Waals surface area contributed by atoms with Crippen molar-refractivity contribution in [2.24, 2.45) is 0 Å². The van der Waals surface area contributed by atoms with Gasteiger partial charge in [0.25, 0.3) is 0 Å². The lowest BCUT2D eigenvalue weighted by Gasteiger charge is -2.20. The van der Waals surface area contributed by atoms with Crippen molar-refractivity contribution >= 4 is 16.9 Å². The zero-order valence-corrected chi connectivity index (χ0v) is 17.8. The maximum Gasteiger partial charge on any atom is 0.407 e. The van der Waals surface area contributed by atoms with Gasteiger partial charge in [-0.3, -0.25) is 0 Å². The molecule has 1 amide bonds. The topological polar surface area (TPSA) is 38.3 Å². The van der Waals surface area contributed by atoms with E-state index < -0.39 is 6.09 Å². The van der Waals surface area contributed by atoms with Crippen LogP contribution in [0.4, 0.5) is 4.79 Å². The molecule has 0 bridgehead atoms. The third kappa shape index (κ3) is 3.78. The summed E-state index contributed by atoms with van der Waals surface area (Å²) < 4.78 is 5.74. The molecule has 1 aliphatic carbocycles. The summed E-state index contributed by atoms with van der Waals surface area (Å²) in [7, 11) is 0. The molecule has 0 saturated heterocycles. The Morgan fingerprint density at radius 2 is 1.50 bits per heavy atom. The average Bonchev–Trinajstić information content (AvgIpc) is 3.16. The van der Waals surface area contributed by atoms with Gasteiger partial charge in [-0.15, -0.1) is 6.58 Å². The van der Waals surface area contributed by atoms with Gasteiger partial charge in [-0.2, -0.15) is 0 Å². The monoisotopic (exact) mass is 419 g/mol. The molecule has 0 aromatic heterocycles. The highest BCUT2D eigenvalue weighted by atomic mass is 16.5. The summed E-state index contributed by atoms with van der Waals surface area (Å²) in [6.07, 6.45) is 2.04. The van der Waals surface area contributed by atoms with Crippen LogP contribution >= 0.6 is 0 Å². The first-order chi connectivity index (χ1) is 15.7. The molecule has 32 heavy (non-hydrogen) atoms. The Balaban J connectivity index is 1.32. The first-order valence-electron chi connectivity index (χ1n) is 11.0. The largest absolute Gasteiger partial charge is 0.449 e. The van der Waals surface area contributed by atoms with Gasteiger partial charge < -0.3 is 10.1 Å². The summed E-state index contributed by atoms with van der Waals surface area (Å²) in [6, 6.07) is 31.0. The summed E-state index contributed by atoms with van der Waals surface area (Å²) in [5.41, 5.74) is 5.89. The molecule has 1 N–H and O–H groups in total. The summed E-state index contributed by atoms with van der Waals surface area (Å²) in [5, 5.41) is 5.36. The van der Waals surface area contributed by atoms with E-state index in [-0.39, 0.29) is 12.0 Å². The molecule has 0 heterocycles. The van der Waals surface area contributed by atoms with Crippen molar-refractivity contribution in [3.05, 3.63) is 120 Å². The molecule has 158 valence electrons. The third-order valence-electron chi connectivity index (χ3n) is 6.21. The van der Waals surface area contributed by atoms with Crippen LogP contribution in [0.2, 0.25) is 0 Å². The van der Waals surface area contributed by atoms with Gasteiger partial charge >= 0.3 is 6.09 Å². The van der Waals surface area contributed by atoms with Crippen LogP contribution in [0.3, 0.4) is 0 Å². The Bertz CT molecular complexity index is 1250. The van der Waals surface area contributed by atoms with Gasteiger partial charge in [-0.1, -0.05) is 91.0 Å². The lowest BCUT2D eigenvalue weighted by molar-refractivity contribution is 0.139. The standard InChI is InChI=1S/C29H25NO2/c1-2-9-28(22-17-16-20-10-3-4-11-21(20)18-22)30-29(31)32-19-27-25-14-7-5-12-23(25)24-13-6-8-15-26(24)27/h2-8,10-18,27-28H,1,9,19H2,(H,30,31). The predicted octanol–water partition coefficient (Wildman–Crippen LogP) is 7.00. The smallest absolute Gasteiger partial charge is 0.407 e. The molecule has 1 atom stereocenters. The molecule has 1 unspecified atom stereocenters. The number of amides is 1. The van der Waals surface area contributed by atoms with Crippen LogP contribution in [0, 0.1) is 0 Å². The Kier molecular flexibility index (Phi) is 5.47. The first kappa shape index (κ1) is 20.1. The number of ether oxygens (including phenoxy) is 1. The molecule has 3 heteroatoms.